The lowest BCUT2D eigenvalue weighted by Gasteiger charge is -2.23. The van der Waals surface area contributed by atoms with E-state index >= 15 is 0 Å². The van der Waals surface area contributed by atoms with Gasteiger partial charge < -0.3 is 14.4 Å². The highest BCUT2D eigenvalue weighted by Gasteiger charge is 2.20. The van der Waals surface area contributed by atoms with Crippen LogP contribution in [0, 0.1) is 12.8 Å². The van der Waals surface area contributed by atoms with Gasteiger partial charge in [-0.1, -0.05) is 32.0 Å². The van der Waals surface area contributed by atoms with E-state index in [1.807, 2.05) is 38.1 Å². The van der Waals surface area contributed by atoms with Crippen molar-refractivity contribution >= 4 is 17.6 Å². The van der Waals surface area contributed by atoms with Crippen LogP contribution in [0.25, 0.3) is 0 Å². The molecule has 0 heterocycles. The maximum atomic E-state index is 12.4. The largest absolute Gasteiger partial charge is 0.454 e. The summed E-state index contributed by atoms with van der Waals surface area (Å²) < 4.78 is 10.6. The number of nitrogens with zero attached hydrogens (tertiary/aromatic N) is 1. The zero-order valence-corrected chi connectivity index (χ0v) is 15.4. The molecule has 24 heavy (non-hydrogen) atoms. The van der Waals surface area contributed by atoms with Gasteiger partial charge in [0.2, 0.25) is 0 Å². The van der Waals surface area contributed by atoms with Crippen molar-refractivity contribution in [1.82, 2.24) is 0 Å². The lowest BCUT2D eigenvalue weighted by atomic mass is 10.1. The van der Waals surface area contributed by atoms with Crippen LogP contribution >= 0.6 is 0 Å². The average molecular weight is 335 g/mol. The second-order valence-electron chi connectivity index (χ2n) is 6.23. The molecule has 1 aromatic rings. The number of anilines is 1. The Bertz CT molecular complexity index is 542. The Labute approximate surface area is 144 Å². The molecule has 0 saturated heterocycles. The van der Waals surface area contributed by atoms with Gasteiger partial charge in [-0.25, -0.2) is 4.79 Å². The van der Waals surface area contributed by atoms with Crippen molar-refractivity contribution in [2.45, 2.75) is 47.1 Å². The molecular weight excluding hydrogens is 306 g/mol. The van der Waals surface area contributed by atoms with Crippen LogP contribution in [0.1, 0.15) is 39.7 Å². The molecule has 134 valence electrons. The quantitative estimate of drug-likeness (QED) is 0.650. The normalized spacial score (nSPS) is 12.1. The topological polar surface area (TPSA) is 55.8 Å². The number of aryl methyl sites for hydroxylation is 1. The van der Waals surface area contributed by atoms with Gasteiger partial charge >= 0.3 is 5.97 Å². The van der Waals surface area contributed by atoms with Crippen LogP contribution in [0.5, 0.6) is 0 Å². The summed E-state index contributed by atoms with van der Waals surface area (Å²) in [5, 5.41) is 0. The Morgan fingerprint density at radius 1 is 1.17 bits per heavy atom. The van der Waals surface area contributed by atoms with E-state index in [1.165, 1.54) is 0 Å². The van der Waals surface area contributed by atoms with Crippen molar-refractivity contribution < 1.29 is 19.1 Å². The molecule has 0 aromatic heterocycles. The van der Waals surface area contributed by atoms with Crippen LogP contribution in [-0.4, -0.2) is 37.7 Å². The SMILES string of the molecule is CCN(C(=O)COC(=O)C(C)OCCC(C)C)c1ccccc1C. The lowest BCUT2D eigenvalue weighted by Crippen LogP contribution is -2.36. The number of para-hydroxylation sites is 1. The van der Waals surface area contributed by atoms with Crippen LogP contribution < -0.4 is 4.90 Å². The maximum absolute atomic E-state index is 12.4. The van der Waals surface area contributed by atoms with Gasteiger partial charge in [0, 0.05) is 18.8 Å². The van der Waals surface area contributed by atoms with E-state index in [-0.39, 0.29) is 12.5 Å². The van der Waals surface area contributed by atoms with Crippen LogP contribution in [0.2, 0.25) is 0 Å². The maximum Gasteiger partial charge on any atom is 0.335 e. The highest BCUT2D eigenvalue weighted by Crippen LogP contribution is 2.19. The molecule has 0 radical (unpaired) electrons. The Hall–Kier alpha value is -1.88. The van der Waals surface area contributed by atoms with Crippen molar-refractivity contribution in [3.05, 3.63) is 29.8 Å². The molecule has 1 atom stereocenters. The van der Waals surface area contributed by atoms with E-state index in [9.17, 15) is 9.59 Å². The third-order valence-corrected chi connectivity index (χ3v) is 3.76. The molecule has 0 N–H and O–H groups in total. The number of rotatable bonds is 9. The summed E-state index contributed by atoms with van der Waals surface area (Å²) in [5.74, 6) is -0.232. The van der Waals surface area contributed by atoms with Gasteiger partial charge in [0.05, 0.1) is 0 Å². The van der Waals surface area contributed by atoms with Gasteiger partial charge in [0.1, 0.15) is 0 Å². The van der Waals surface area contributed by atoms with Gasteiger partial charge in [-0.2, -0.15) is 0 Å². The highest BCUT2D eigenvalue weighted by atomic mass is 16.6. The van der Waals surface area contributed by atoms with E-state index in [1.54, 1.807) is 11.8 Å². The Morgan fingerprint density at radius 3 is 2.42 bits per heavy atom. The summed E-state index contributed by atoms with van der Waals surface area (Å²) in [6.45, 7) is 10.4. The second-order valence-corrected chi connectivity index (χ2v) is 6.23. The first-order chi connectivity index (χ1) is 11.4. The van der Waals surface area contributed by atoms with E-state index < -0.39 is 12.1 Å². The first kappa shape index (κ1) is 20.2. The van der Waals surface area contributed by atoms with Gasteiger partial charge in [-0.3, -0.25) is 4.79 Å². The number of hydrogen-bond acceptors (Lipinski definition) is 4. The standard InChI is InChI=1S/C19H29NO4/c1-6-20(17-10-8-7-9-15(17)4)18(21)13-24-19(22)16(5)23-12-11-14(2)3/h7-10,14,16H,6,11-13H2,1-5H3. The van der Waals surface area contributed by atoms with Gasteiger partial charge in [0.15, 0.2) is 12.7 Å². The number of carbonyl (C=O) groups excluding carboxylic acids is 2. The van der Waals surface area contributed by atoms with Crippen molar-refractivity contribution in [3.63, 3.8) is 0 Å². The summed E-state index contributed by atoms with van der Waals surface area (Å²) in [6.07, 6.45) is 0.220. The smallest absolute Gasteiger partial charge is 0.335 e. The molecule has 5 nitrogen and oxygen atoms in total. The molecule has 0 saturated carbocycles. The van der Waals surface area contributed by atoms with Crippen LogP contribution in [0.3, 0.4) is 0 Å². The van der Waals surface area contributed by atoms with Crippen molar-refractivity contribution in [2.75, 3.05) is 24.7 Å². The molecule has 0 fully saturated rings. The first-order valence-electron chi connectivity index (χ1n) is 8.51. The van der Waals surface area contributed by atoms with Crippen LogP contribution in [-0.2, 0) is 19.1 Å². The Balaban J connectivity index is 2.51. The molecule has 0 bridgehead atoms. The highest BCUT2D eigenvalue weighted by molar-refractivity contribution is 5.96. The zero-order chi connectivity index (χ0) is 18.1. The van der Waals surface area contributed by atoms with Gasteiger partial charge in [0.25, 0.3) is 5.91 Å². The number of likely N-dealkylation sites (N-methyl/N-ethyl adjacent to an activating group) is 1. The molecule has 1 amide bonds. The summed E-state index contributed by atoms with van der Waals surface area (Å²) >= 11 is 0. The zero-order valence-electron chi connectivity index (χ0n) is 15.4. The fraction of sp³-hybridized carbons (Fsp3) is 0.579. The fourth-order valence-corrected chi connectivity index (χ4v) is 2.22. The minimum Gasteiger partial charge on any atom is -0.454 e. The Morgan fingerprint density at radius 2 is 1.83 bits per heavy atom. The molecule has 1 rings (SSSR count). The lowest BCUT2D eigenvalue weighted by molar-refractivity contribution is -0.158. The molecular formula is C19H29NO4. The summed E-state index contributed by atoms with van der Waals surface area (Å²) in [5.41, 5.74) is 1.84. The number of amides is 1. The first-order valence-corrected chi connectivity index (χ1v) is 8.51. The molecule has 0 spiro atoms. The van der Waals surface area contributed by atoms with Gasteiger partial charge in [-0.15, -0.1) is 0 Å². The van der Waals surface area contributed by atoms with Crippen molar-refractivity contribution in [2.24, 2.45) is 5.92 Å². The van der Waals surface area contributed by atoms with E-state index in [0.717, 1.165) is 17.7 Å². The minimum atomic E-state index is -0.662. The third kappa shape index (κ3) is 6.32. The van der Waals surface area contributed by atoms with Crippen molar-refractivity contribution in [1.29, 1.82) is 0 Å². The van der Waals surface area contributed by atoms with E-state index in [0.29, 0.717) is 19.1 Å². The number of carbonyl (C=O) groups is 2. The predicted molar refractivity (Wildman–Crippen MR) is 95.0 cm³/mol. The monoisotopic (exact) mass is 335 g/mol. The number of esters is 1. The van der Waals surface area contributed by atoms with Crippen LogP contribution in [0.4, 0.5) is 5.69 Å². The van der Waals surface area contributed by atoms with E-state index in [2.05, 4.69) is 13.8 Å². The molecule has 0 aliphatic rings. The number of ether oxygens (including phenoxy) is 2. The molecule has 1 aromatic carbocycles. The molecule has 0 aliphatic heterocycles. The Kier molecular flexibility index (Phi) is 8.47. The van der Waals surface area contributed by atoms with Crippen LogP contribution in [0.15, 0.2) is 24.3 Å². The predicted octanol–water partition coefficient (Wildman–Crippen LogP) is 3.34. The summed E-state index contributed by atoms with van der Waals surface area (Å²) in [6, 6.07) is 7.64. The minimum absolute atomic E-state index is 0.241. The molecule has 1 unspecified atom stereocenters. The average Bonchev–Trinajstić information content (AvgIpc) is 2.54. The number of hydrogen-bond donors (Lipinski definition) is 0. The molecule has 5 heteroatoms. The van der Waals surface area contributed by atoms with Crippen molar-refractivity contribution in [3.8, 4) is 0 Å². The molecule has 0 aliphatic carbocycles. The second kappa shape index (κ2) is 10.1. The summed E-state index contributed by atoms with van der Waals surface area (Å²) in [4.78, 5) is 25.9. The third-order valence-electron chi connectivity index (χ3n) is 3.76. The summed E-state index contributed by atoms with van der Waals surface area (Å²) in [7, 11) is 0. The number of benzene rings is 1. The van der Waals surface area contributed by atoms with E-state index in [4.69, 9.17) is 9.47 Å². The fourth-order valence-electron chi connectivity index (χ4n) is 2.22. The van der Waals surface area contributed by atoms with Gasteiger partial charge in [-0.05, 0) is 44.7 Å².